The van der Waals surface area contributed by atoms with Crippen molar-refractivity contribution in [1.82, 2.24) is 5.32 Å². The SMILES string of the molecule is CCOc1ccc(OCCC(=O)N[C@H](C)C23CC4CC(CC(C4)C2)C3)cc1. The first-order valence-corrected chi connectivity index (χ1v) is 10.7. The van der Waals surface area contributed by atoms with Gasteiger partial charge in [-0.05, 0) is 99.8 Å². The lowest BCUT2D eigenvalue weighted by Gasteiger charge is -2.59. The quantitative estimate of drug-likeness (QED) is 0.728. The molecule has 5 rings (SSSR count). The molecule has 0 aromatic heterocycles. The van der Waals surface area contributed by atoms with Gasteiger partial charge >= 0.3 is 0 Å². The van der Waals surface area contributed by atoms with Gasteiger partial charge in [0.2, 0.25) is 5.91 Å². The van der Waals surface area contributed by atoms with Gasteiger partial charge in [-0.25, -0.2) is 0 Å². The van der Waals surface area contributed by atoms with E-state index in [-0.39, 0.29) is 11.9 Å². The van der Waals surface area contributed by atoms with E-state index in [9.17, 15) is 4.79 Å². The second kappa shape index (κ2) is 7.73. The summed E-state index contributed by atoms with van der Waals surface area (Å²) in [5.41, 5.74) is 0.361. The zero-order valence-electron chi connectivity index (χ0n) is 16.7. The van der Waals surface area contributed by atoms with Gasteiger partial charge < -0.3 is 14.8 Å². The zero-order valence-corrected chi connectivity index (χ0v) is 16.7. The van der Waals surface area contributed by atoms with Gasteiger partial charge in [-0.3, -0.25) is 4.79 Å². The number of ether oxygens (including phenoxy) is 2. The molecule has 4 aliphatic carbocycles. The zero-order chi connectivity index (χ0) is 18.9. The van der Waals surface area contributed by atoms with Crippen LogP contribution in [0.5, 0.6) is 11.5 Å². The highest BCUT2D eigenvalue weighted by molar-refractivity contribution is 5.76. The highest BCUT2D eigenvalue weighted by Crippen LogP contribution is 2.61. The van der Waals surface area contributed by atoms with Crippen molar-refractivity contribution in [2.24, 2.45) is 23.2 Å². The summed E-state index contributed by atoms with van der Waals surface area (Å²) in [7, 11) is 0. The van der Waals surface area contributed by atoms with Crippen molar-refractivity contribution in [3.8, 4) is 11.5 Å². The number of hydrogen-bond acceptors (Lipinski definition) is 3. The summed E-state index contributed by atoms with van der Waals surface area (Å²) in [6.07, 6.45) is 8.70. The van der Waals surface area contributed by atoms with Crippen LogP contribution < -0.4 is 14.8 Å². The lowest BCUT2D eigenvalue weighted by molar-refractivity contribution is -0.126. The van der Waals surface area contributed by atoms with Crippen molar-refractivity contribution in [2.75, 3.05) is 13.2 Å². The molecule has 0 spiro atoms. The topological polar surface area (TPSA) is 47.6 Å². The van der Waals surface area contributed by atoms with Gasteiger partial charge in [-0.2, -0.15) is 0 Å². The molecule has 1 amide bonds. The van der Waals surface area contributed by atoms with E-state index >= 15 is 0 Å². The molecular formula is C23H33NO3. The highest BCUT2D eigenvalue weighted by Gasteiger charge is 2.53. The van der Waals surface area contributed by atoms with E-state index in [2.05, 4.69) is 12.2 Å². The number of nitrogens with one attached hydrogen (secondary N) is 1. The first-order valence-electron chi connectivity index (χ1n) is 10.7. The fourth-order valence-electron chi connectivity index (χ4n) is 6.24. The number of carbonyl (C=O) groups excluding carboxylic acids is 1. The van der Waals surface area contributed by atoms with E-state index in [4.69, 9.17) is 9.47 Å². The van der Waals surface area contributed by atoms with Crippen LogP contribution in [0.15, 0.2) is 24.3 Å². The van der Waals surface area contributed by atoms with Gasteiger partial charge in [-0.15, -0.1) is 0 Å². The average molecular weight is 372 g/mol. The lowest BCUT2D eigenvalue weighted by atomic mass is 9.48. The molecule has 4 nitrogen and oxygen atoms in total. The summed E-state index contributed by atoms with van der Waals surface area (Å²) >= 11 is 0. The summed E-state index contributed by atoms with van der Waals surface area (Å²) in [4.78, 5) is 12.5. The smallest absolute Gasteiger partial charge is 0.223 e. The van der Waals surface area contributed by atoms with Crippen LogP contribution in [0.1, 0.15) is 58.8 Å². The van der Waals surface area contributed by atoms with E-state index in [1.54, 1.807) is 0 Å². The van der Waals surface area contributed by atoms with Gasteiger partial charge in [0.05, 0.1) is 19.6 Å². The Hall–Kier alpha value is -1.71. The average Bonchev–Trinajstić information content (AvgIpc) is 2.62. The second-order valence-electron chi connectivity index (χ2n) is 9.07. The standard InChI is InChI=1S/C23H33NO3/c1-3-26-20-4-6-21(7-5-20)27-9-8-22(25)24-16(2)23-13-17-10-18(14-23)12-19(11-17)15-23/h4-7,16-19H,3,8-15H2,1-2H3,(H,24,25)/t16-,17?,18?,19?,23?/m1/s1. The van der Waals surface area contributed by atoms with Crippen LogP contribution in [0.4, 0.5) is 0 Å². The molecule has 4 saturated carbocycles. The maximum absolute atomic E-state index is 12.5. The number of rotatable bonds is 8. The Labute approximate surface area is 163 Å². The summed E-state index contributed by atoms with van der Waals surface area (Å²) in [6, 6.07) is 7.85. The van der Waals surface area contributed by atoms with Crippen molar-refractivity contribution in [3.63, 3.8) is 0 Å². The molecule has 4 fully saturated rings. The largest absolute Gasteiger partial charge is 0.494 e. The third-order valence-corrected chi connectivity index (χ3v) is 7.11. The Morgan fingerprint density at radius 3 is 2.07 bits per heavy atom. The minimum atomic E-state index is 0.115. The molecule has 4 bridgehead atoms. The predicted octanol–water partition coefficient (Wildman–Crippen LogP) is 4.58. The van der Waals surface area contributed by atoms with E-state index in [1.807, 2.05) is 31.2 Å². The maximum Gasteiger partial charge on any atom is 0.223 e. The van der Waals surface area contributed by atoms with Gasteiger partial charge in [0, 0.05) is 6.04 Å². The monoisotopic (exact) mass is 371 g/mol. The molecule has 1 N–H and O–H groups in total. The Kier molecular flexibility index (Phi) is 5.34. The van der Waals surface area contributed by atoms with Crippen LogP contribution in [0.25, 0.3) is 0 Å². The molecule has 4 aliphatic rings. The minimum absolute atomic E-state index is 0.115. The number of hydrogen-bond donors (Lipinski definition) is 1. The van der Waals surface area contributed by atoms with Crippen molar-refractivity contribution in [3.05, 3.63) is 24.3 Å². The number of carbonyl (C=O) groups is 1. The molecule has 1 atom stereocenters. The van der Waals surface area contributed by atoms with Gasteiger partial charge in [-0.1, -0.05) is 0 Å². The molecule has 1 aromatic carbocycles. The van der Waals surface area contributed by atoms with E-state index in [1.165, 1.54) is 38.5 Å². The summed E-state index contributed by atoms with van der Waals surface area (Å²) in [5.74, 6) is 4.48. The van der Waals surface area contributed by atoms with Crippen molar-refractivity contribution < 1.29 is 14.3 Å². The first kappa shape index (κ1) is 18.6. The van der Waals surface area contributed by atoms with Crippen LogP contribution in [0, 0.1) is 23.2 Å². The molecule has 0 heterocycles. The summed E-state index contributed by atoms with van der Waals surface area (Å²) < 4.78 is 11.2. The Bertz CT molecular complexity index is 619. The van der Waals surface area contributed by atoms with Crippen LogP contribution in [-0.4, -0.2) is 25.2 Å². The van der Waals surface area contributed by atoms with E-state index in [0.29, 0.717) is 25.0 Å². The van der Waals surface area contributed by atoms with Gasteiger partial charge in [0.25, 0.3) is 0 Å². The summed E-state index contributed by atoms with van der Waals surface area (Å²) in [5, 5.41) is 3.31. The first-order chi connectivity index (χ1) is 13.1. The molecule has 0 unspecified atom stereocenters. The van der Waals surface area contributed by atoms with E-state index < -0.39 is 0 Å². The lowest BCUT2D eigenvalue weighted by Crippen LogP contribution is -2.55. The fourth-order valence-corrected chi connectivity index (χ4v) is 6.24. The molecule has 0 radical (unpaired) electrons. The maximum atomic E-state index is 12.5. The van der Waals surface area contributed by atoms with E-state index in [0.717, 1.165) is 29.3 Å². The third-order valence-electron chi connectivity index (χ3n) is 7.11. The van der Waals surface area contributed by atoms with Gasteiger partial charge in [0.1, 0.15) is 11.5 Å². The highest BCUT2D eigenvalue weighted by atomic mass is 16.5. The van der Waals surface area contributed by atoms with Crippen molar-refractivity contribution in [2.45, 2.75) is 64.8 Å². The normalized spacial score (nSPS) is 32.1. The molecule has 0 aliphatic heterocycles. The minimum Gasteiger partial charge on any atom is -0.494 e. The molecule has 148 valence electrons. The van der Waals surface area contributed by atoms with Crippen molar-refractivity contribution >= 4 is 5.91 Å². The molecular weight excluding hydrogens is 338 g/mol. The Balaban J connectivity index is 1.23. The number of amides is 1. The van der Waals surface area contributed by atoms with Crippen LogP contribution >= 0.6 is 0 Å². The van der Waals surface area contributed by atoms with Gasteiger partial charge in [0.15, 0.2) is 0 Å². The fraction of sp³-hybridized carbons (Fsp3) is 0.696. The molecule has 0 saturated heterocycles. The Morgan fingerprint density at radius 2 is 1.56 bits per heavy atom. The third kappa shape index (κ3) is 4.09. The molecule has 1 aromatic rings. The summed E-state index contributed by atoms with van der Waals surface area (Å²) in [6.45, 7) is 5.27. The van der Waals surface area contributed by atoms with Crippen molar-refractivity contribution in [1.29, 1.82) is 0 Å². The van der Waals surface area contributed by atoms with Crippen LogP contribution in [0.3, 0.4) is 0 Å². The Morgan fingerprint density at radius 1 is 1.04 bits per heavy atom. The number of benzene rings is 1. The predicted molar refractivity (Wildman–Crippen MR) is 106 cm³/mol. The molecule has 27 heavy (non-hydrogen) atoms. The van der Waals surface area contributed by atoms with Crippen LogP contribution in [-0.2, 0) is 4.79 Å². The molecule has 4 heteroatoms. The second-order valence-corrected chi connectivity index (χ2v) is 9.07. The van der Waals surface area contributed by atoms with Crippen LogP contribution in [0.2, 0.25) is 0 Å².